The monoisotopic (exact) mass is 304 g/mol. The number of hydrogen-bond acceptors (Lipinski definition) is 2. The summed E-state index contributed by atoms with van der Waals surface area (Å²) < 4.78 is 5.77. The van der Waals surface area contributed by atoms with E-state index in [-0.39, 0.29) is 0 Å². The summed E-state index contributed by atoms with van der Waals surface area (Å²) in [6, 6.07) is 15.8. The van der Waals surface area contributed by atoms with Gasteiger partial charge in [0.1, 0.15) is 5.75 Å². The van der Waals surface area contributed by atoms with Crippen LogP contribution in [-0.2, 0) is 6.42 Å². The van der Waals surface area contributed by atoms with E-state index < -0.39 is 6.10 Å². The van der Waals surface area contributed by atoms with Gasteiger partial charge in [0.15, 0.2) is 0 Å². The van der Waals surface area contributed by atoms with Gasteiger partial charge in [0.05, 0.1) is 12.7 Å². The third-order valence-electron chi connectivity index (χ3n) is 3.38. The minimum Gasteiger partial charge on any atom is -0.493 e. The van der Waals surface area contributed by atoms with Crippen molar-refractivity contribution >= 4 is 11.6 Å². The third kappa shape index (κ3) is 5.07. The van der Waals surface area contributed by atoms with Crippen molar-refractivity contribution in [2.24, 2.45) is 0 Å². The number of halogens is 1. The van der Waals surface area contributed by atoms with Crippen LogP contribution in [0.25, 0.3) is 0 Å². The Morgan fingerprint density at radius 1 is 1.10 bits per heavy atom. The molecule has 0 saturated heterocycles. The van der Waals surface area contributed by atoms with Crippen molar-refractivity contribution in [1.82, 2.24) is 0 Å². The highest BCUT2D eigenvalue weighted by Gasteiger charge is 2.09. The normalized spacial score (nSPS) is 12.1. The highest BCUT2D eigenvalue weighted by Crippen LogP contribution is 2.28. The minimum atomic E-state index is -0.581. The summed E-state index contributed by atoms with van der Waals surface area (Å²) >= 11 is 5.95. The first kappa shape index (κ1) is 15.9. The second-order valence-corrected chi connectivity index (χ2v) is 5.59. The lowest BCUT2D eigenvalue weighted by Gasteiger charge is -2.13. The largest absolute Gasteiger partial charge is 0.493 e. The van der Waals surface area contributed by atoms with Crippen LogP contribution in [0.15, 0.2) is 48.5 Å². The van der Waals surface area contributed by atoms with Crippen molar-refractivity contribution in [3.05, 3.63) is 64.7 Å². The molecule has 2 aromatic rings. The van der Waals surface area contributed by atoms with Gasteiger partial charge in [0.2, 0.25) is 0 Å². The lowest BCUT2D eigenvalue weighted by molar-refractivity contribution is 0.191. The summed E-state index contributed by atoms with van der Waals surface area (Å²) in [6.45, 7) is 2.36. The highest BCUT2D eigenvalue weighted by molar-refractivity contribution is 6.30. The van der Waals surface area contributed by atoms with Crippen LogP contribution >= 0.6 is 11.6 Å². The molecule has 0 aliphatic heterocycles. The number of hydrogen-bond donors (Lipinski definition) is 1. The van der Waals surface area contributed by atoms with E-state index in [4.69, 9.17) is 16.3 Å². The number of aliphatic hydroxyl groups is 1. The topological polar surface area (TPSA) is 29.5 Å². The van der Waals surface area contributed by atoms with E-state index in [1.165, 1.54) is 5.56 Å². The van der Waals surface area contributed by atoms with Crippen molar-refractivity contribution in [2.75, 3.05) is 6.61 Å². The van der Waals surface area contributed by atoms with Gasteiger partial charge in [0.25, 0.3) is 0 Å². The van der Waals surface area contributed by atoms with Gasteiger partial charge in [-0.2, -0.15) is 0 Å². The number of rotatable bonds is 7. The zero-order chi connectivity index (χ0) is 15.1. The predicted molar refractivity (Wildman–Crippen MR) is 87.0 cm³/mol. The number of ether oxygens (including phenoxy) is 1. The van der Waals surface area contributed by atoms with E-state index in [2.05, 4.69) is 24.3 Å². The Morgan fingerprint density at radius 3 is 2.57 bits per heavy atom. The molecule has 2 aromatic carbocycles. The van der Waals surface area contributed by atoms with Crippen molar-refractivity contribution in [3.63, 3.8) is 0 Å². The Hall–Kier alpha value is -1.51. The molecular weight excluding hydrogens is 284 g/mol. The van der Waals surface area contributed by atoms with Crippen LogP contribution < -0.4 is 4.74 Å². The first-order valence-corrected chi connectivity index (χ1v) is 7.69. The molecule has 2 rings (SSSR count). The average Bonchev–Trinajstić information content (AvgIpc) is 2.49. The van der Waals surface area contributed by atoms with Gasteiger partial charge in [-0.1, -0.05) is 41.9 Å². The molecule has 1 N–H and O–H groups in total. The molecular formula is C18H21ClO2. The van der Waals surface area contributed by atoms with E-state index in [1.54, 1.807) is 19.1 Å². The second-order valence-electron chi connectivity index (χ2n) is 5.15. The molecule has 0 aromatic heterocycles. The van der Waals surface area contributed by atoms with E-state index in [0.29, 0.717) is 17.4 Å². The van der Waals surface area contributed by atoms with Crippen molar-refractivity contribution in [1.29, 1.82) is 0 Å². The maximum atomic E-state index is 9.74. The van der Waals surface area contributed by atoms with Crippen LogP contribution in [0.3, 0.4) is 0 Å². The Bertz CT molecular complexity index is 552. The SMILES string of the molecule is C[C@H](O)c1cc(Cl)ccc1OCCCCc1ccccc1. The van der Waals surface area contributed by atoms with E-state index in [9.17, 15) is 5.11 Å². The first-order chi connectivity index (χ1) is 10.2. The van der Waals surface area contributed by atoms with Crippen LogP contribution in [0, 0.1) is 0 Å². The van der Waals surface area contributed by atoms with Gasteiger partial charge in [-0.3, -0.25) is 0 Å². The second kappa shape index (κ2) is 8.06. The number of aryl methyl sites for hydroxylation is 1. The fourth-order valence-electron chi connectivity index (χ4n) is 2.24. The molecule has 0 aliphatic rings. The quantitative estimate of drug-likeness (QED) is 0.745. The zero-order valence-corrected chi connectivity index (χ0v) is 13.0. The summed E-state index contributed by atoms with van der Waals surface area (Å²) in [5.41, 5.74) is 2.10. The molecule has 1 atom stereocenters. The van der Waals surface area contributed by atoms with Crippen LogP contribution in [0.2, 0.25) is 5.02 Å². The molecule has 0 saturated carbocycles. The summed E-state index contributed by atoms with van der Waals surface area (Å²) in [6.07, 6.45) is 2.55. The number of aliphatic hydroxyl groups excluding tert-OH is 1. The highest BCUT2D eigenvalue weighted by atomic mass is 35.5. The Kier molecular flexibility index (Phi) is 6.09. The average molecular weight is 305 g/mol. The van der Waals surface area contributed by atoms with Crippen molar-refractivity contribution < 1.29 is 9.84 Å². The van der Waals surface area contributed by atoms with Gasteiger partial charge in [0, 0.05) is 10.6 Å². The third-order valence-corrected chi connectivity index (χ3v) is 3.62. The van der Waals surface area contributed by atoms with Gasteiger partial charge < -0.3 is 9.84 Å². The molecule has 2 nitrogen and oxygen atoms in total. The summed E-state index contributed by atoms with van der Waals surface area (Å²) in [5.74, 6) is 0.717. The fourth-order valence-corrected chi connectivity index (χ4v) is 2.42. The van der Waals surface area contributed by atoms with Crippen LogP contribution in [0.1, 0.15) is 37.0 Å². The summed E-state index contributed by atoms with van der Waals surface area (Å²) in [7, 11) is 0. The van der Waals surface area contributed by atoms with Gasteiger partial charge in [-0.25, -0.2) is 0 Å². The standard InChI is InChI=1S/C18H21ClO2/c1-14(20)17-13-16(19)10-11-18(17)21-12-6-5-9-15-7-3-2-4-8-15/h2-4,7-8,10-11,13-14,20H,5-6,9,12H2,1H3/t14-/m0/s1. The molecule has 0 spiro atoms. The van der Waals surface area contributed by atoms with Crippen LogP contribution in [0.4, 0.5) is 0 Å². The zero-order valence-electron chi connectivity index (χ0n) is 12.3. The fraction of sp³-hybridized carbons (Fsp3) is 0.333. The number of benzene rings is 2. The number of unbranched alkanes of at least 4 members (excludes halogenated alkanes) is 1. The maximum Gasteiger partial charge on any atom is 0.125 e. The molecule has 112 valence electrons. The minimum absolute atomic E-state index is 0.581. The Balaban J connectivity index is 1.78. The molecule has 0 amide bonds. The molecule has 0 bridgehead atoms. The lowest BCUT2D eigenvalue weighted by atomic mass is 10.1. The maximum absolute atomic E-state index is 9.74. The van der Waals surface area contributed by atoms with Crippen LogP contribution in [-0.4, -0.2) is 11.7 Å². The summed E-state index contributed by atoms with van der Waals surface area (Å²) in [4.78, 5) is 0. The predicted octanol–water partition coefficient (Wildman–Crippen LogP) is 4.80. The summed E-state index contributed by atoms with van der Waals surface area (Å²) in [5, 5.41) is 10.4. The smallest absolute Gasteiger partial charge is 0.125 e. The lowest BCUT2D eigenvalue weighted by Crippen LogP contribution is -2.03. The Morgan fingerprint density at radius 2 is 1.86 bits per heavy atom. The molecule has 0 heterocycles. The Labute approximate surface area is 131 Å². The molecule has 0 radical (unpaired) electrons. The van der Waals surface area contributed by atoms with Gasteiger partial charge in [-0.05, 0) is 49.9 Å². The molecule has 3 heteroatoms. The molecule has 0 aliphatic carbocycles. The molecule has 0 unspecified atom stereocenters. The molecule has 21 heavy (non-hydrogen) atoms. The van der Waals surface area contributed by atoms with E-state index in [0.717, 1.165) is 24.8 Å². The first-order valence-electron chi connectivity index (χ1n) is 7.31. The van der Waals surface area contributed by atoms with Gasteiger partial charge in [-0.15, -0.1) is 0 Å². The van der Waals surface area contributed by atoms with Crippen LogP contribution in [0.5, 0.6) is 5.75 Å². The van der Waals surface area contributed by atoms with E-state index >= 15 is 0 Å². The van der Waals surface area contributed by atoms with Gasteiger partial charge >= 0.3 is 0 Å². The molecule has 0 fully saturated rings. The van der Waals surface area contributed by atoms with E-state index in [1.807, 2.05) is 12.1 Å². The van der Waals surface area contributed by atoms with Crippen molar-refractivity contribution in [3.8, 4) is 5.75 Å². The van der Waals surface area contributed by atoms with Crippen molar-refractivity contribution in [2.45, 2.75) is 32.3 Å².